The Labute approximate surface area is 142 Å². The number of carbonyl (C=O) groups excluding carboxylic acids is 2. The van der Waals surface area contributed by atoms with Gasteiger partial charge in [-0.2, -0.15) is 0 Å². The Morgan fingerprint density at radius 3 is 2.57 bits per heavy atom. The molecule has 0 unspecified atom stereocenters. The van der Waals surface area contributed by atoms with Crippen molar-refractivity contribution in [3.05, 3.63) is 63.8 Å². The molecule has 4 nitrogen and oxygen atoms in total. The summed E-state index contributed by atoms with van der Waals surface area (Å²) in [6.07, 6.45) is 0. The van der Waals surface area contributed by atoms with Crippen molar-refractivity contribution < 1.29 is 9.59 Å². The first-order valence-corrected chi connectivity index (χ1v) is 7.61. The third kappa shape index (κ3) is 2.96. The van der Waals surface area contributed by atoms with E-state index in [0.29, 0.717) is 27.4 Å². The highest BCUT2D eigenvalue weighted by Gasteiger charge is 2.23. The summed E-state index contributed by atoms with van der Waals surface area (Å²) in [6.45, 7) is 1.76. The molecule has 3 aromatic rings. The molecule has 0 radical (unpaired) electrons. The molecule has 0 saturated carbocycles. The third-order valence-corrected chi connectivity index (χ3v) is 4.05. The molecule has 6 heteroatoms. The molecule has 2 aromatic carbocycles. The van der Waals surface area contributed by atoms with Gasteiger partial charge in [0.1, 0.15) is 0 Å². The number of hydrogen-bond acceptors (Lipinski definition) is 2. The van der Waals surface area contributed by atoms with Gasteiger partial charge in [-0.25, -0.2) is 0 Å². The number of H-pyrrole nitrogens is 1. The fraction of sp³-hybridized carbons (Fsp3) is 0.0588. The predicted octanol–water partition coefficient (Wildman–Crippen LogP) is 4.60. The molecule has 0 atom stereocenters. The van der Waals surface area contributed by atoms with Gasteiger partial charge >= 0.3 is 0 Å². The Morgan fingerprint density at radius 2 is 1.83 bits per heavy atom. The van der Waals surface area contributed by atoms with E-state index in [1.807, 2.05) is 18.2 Å². The van der Waals surface area contributed by atoms with Gasteiger partial charge < -0.3 is 10.3 Å². The van der Waals surface area contributed by atoms with Gasteiger partial charge in [-0.3, -0.25) is 9.59 Å². The van der Waals surface area contributed by atoms with Crippen molar-refractivity contribution in [1.29, 1.82) is 0 Å². The van der Waals surface area contributed by atoms with Crippen molar-refractivity contribution in [3.8, 4) is 0 Å². The van der Waals surface area contributed by atoms with Gasteiger partial charge in [0.05, 0.1) is 16.3 Å². The van der Waals surface area contributed by atoms with Crippen LogP contribution in [0.4, 0.5) is 5.69 Å². The van der Waals surface area contributed by atoms with E-state index in [2.05, 4.69) is 10.3 Å². The minimum atomic E-state index is -0.748. The summed E-state index contributed by atoms with van der Waals surface area (Å²) in [5.41, 5.74) is 2.16. The number of nitrogens with one attached hydrogen (secondary N) is 2. The molecule has 0 aliphatic heterocycles. The Balaban J connectivity index is 1.93. The van der Waals surface area contributed by atoms with Crippen LogP contribution in [0, 0.1) is 6.92 Å². The largest absolute Gasteiger partial charge is 0.358 e. The summed E-state index contributed by atoms with van der Waals surface area (Å²) in [6, 6.07) is 12.0. The van der Waals surface area contributed by atoms with Crippen LogP contribution < -0.4 is 5.32 Å². The maximum absolute atomic E-state index is 12.5. The second-order valence-corrected chi connectivity index (χ2v) is 5.92. The molecule has 0 saturated heterocycles. The molecule has 0 aliphatic rings. The molecule has 0 aliphatic carbocycles. The van der Waals surface area contributed by atoms with E-state index in [1.54, 1.807) is 25.1 Å². The molecular weight excluding hydrogens is 335 g/mol. The predicted molar refractivity (Wildman–Crippen MR) is 92.5 cm³/mol. The number of amides is 1. The smallest absolute Gasteiger partial charge is 0.296 e. The quantitative estimate of drug-likeness (QED) is 0.537. The molecule has 1 aromatic heterocycles. The number of benzene rings is 2. The number of carbonyl (C=O) groups is 2. The number of halogens is 2. The Morgan fingerprint density at radius 1 is 1.09 bits per heavy atom. The van der Waals surface area contributed by atoms with Crippen LogP contribution in [-0.4, -0.2) is 16.7 Å². The standard InChI is InChI=1S/C17H12Cl2N2O2/c1-9-15(11-4-2-3-5-13(11)20-9)16(22)17(23)21-14-7-6-10(18)8-12(14)19/h2-8,20H,1H3,(H,21,23). The number of para-hydroxylation sites is 1. The molecule has 0 spiro atoms. The Bertz CT molecular complexity index is 931. The van der Waals surface area contributed by atoms with Gasteiger partial charge in [-0.15, -0.1) is 0 Å². The molecule has 1 heterocycles. The normalized spacial score (nSPS) is 10.7. The van der Waals surface area contributed by atoms with Crippen LogP contribution in [0.3, 0.4) is 0 Å². The van der Waals surface area contributed by atoms with E-state index in [9.17, 15) is 9.59 Å². The first-order chi connectivity index (χ1) is 11.0. The van der Waals surface area contributed by atoms with Crippen LogP contribution in [-0.2, 0) is 4.79 Å². The fourth-order valence-corrected chi connectivity index (χ4v) is 2.91. The summed E-state index contributed by atoms with van der Waals surface area (Å²) in [5, 5.41) is 3.96. The highest BCUT2D eigenvalue weighted by Crippen LogP contribution is 2.26. The third-order valence-electron chi connectivity index (χ3n) is 3.51. The summed E-state index contributed by atoms with van der Waals surface area (Å²) < 4.78 is 0. The molecule has 2 N–H and O–H groups in total. The van der Waals surface area contributed by atoms with Crippen LogP contribution in [0.25, 0.3) is 10.9 Å². The van der Waals surface area contributed by atoms with E-state index >= 15 is 0 Å². The van der Waals surface area contributed by atoms with Crippen LogP contribution in [0.2, 0.25) is 10.0 Å². The van der Waals surface area contributed by atoms with Crippen LogP contribution in [0.1, 0.15) is 16.1 Å². The average molecular weight is 347 g/mol. The van der Waals surface area contributed by atoms with Crippen molar-refractivity contribution in [1.82, 2.24) is 4.98 Å². The summed E-state index contributed by atoms with van der Waals surface area (Å²) in [5.74, 6) is -1.37. The first kappa shape index (κ1) is 15.6. The highest BCUT2D eigenvalue weighted by molar-refractivity contribution is 6.49. The zero-order chi connectivity index (χ0) is 16.6. The molecule has 1 amide bonds. The molecule has 0 bridgehead atoms. The number of aromatic nitrogens is 1. The van der Waals surface area contributed by atoms with Gasteiger partial charge in [0.15, 0.2) is 0 Å². The van der Waals surface area contributed by atoms with Gasteiger partial charge in [0.2, 0.25) is 0 Å². The second-order valence-electron chi connectivity index (χ2n) is 5.08. The topological polar surface area (TPSA) is 62.0 Å². The second kappa shape index (κ2) is 6.07. The Kier molecular flexibility index (Phi) is 4.11. The van der Waals surface area contributed by atoms with E-state index in [-0.39, 0.29) is 5.02 Å². The van der Waals surface area contributed by atoms with Gasteiger partial charge in [-0.05, 0) is 31.2 Å². The monoisotopic (exact) mass is 346 g/mol. The van der Waals surface area contributed by atoms with E-state index in [4.69, 9.17) is 23.2 Å². The first-order valence-electron chi connectivity index (χ1n) is 6.85. The number of aryl methyl sites for hydroxylation is 1. The number of aromatic amines is 1. The van der Waals surface area contributed by atoms with Crippen molar-refractivity contribution in [2.45, 2.75) is 6.92 Å². The maximum Gasteiger partial charge on any atom is 0.296 e. The van der Waals surface area contributed by atoms with Crippen molar-refractivity contribution >= 4 is 51.5 Å². The Hall–Kier alpha value is -2.30. The number of anilines is 1. The van der Waals surface area contributed by atoms with Gasteiger partial charge in [-0.1, -0.05) is 41.4 Å². The molecule has 23 heavy (non-hydrogen) atoms. The van der Waals surface area contributed by atoms with E-state index in [1.165, 1.54) is 6.07 Å². The van der Waals surface area contributed by atoms with Crippen LogP contribution >= 0.6 is 23.2 Å². The number of rotatable bonds is 3. The molecule has 0 fully saturated rings. The highest BCUT2D eigenvalue weighted by atomic mass is 35.5. The minimum absolute atomic E-state index is 0.272. The number of Topliss-reactive ketones (excluding diaryl/α,β-unsaturated/α-hetero) is 1. The molecular formula is C17H12Cl2N2O2. The average Bonchev–Trinajstić information content (AvgIpc) is 2.85. The zero-order valence-corrected chi connectivity index (χ0v) is 13.6. The van der Waals surface area contributed by atoms with Crippen molar-refractivity contribution in [2.24, 2.45) is 0 Å². The summed E-state index contributed by atoms with van der Waals surface area (Å²) >= 11 is 11.8. The van der Waals surface area contributed by atoms with E-state index in [0.717, 1.165) is 5.52 Å². The van der Waals surface area contributed by atoms with Crippen LogP contribution in [0.15, 0.2) is 42.5 Å². The maximum atomic E-state index is 12.5. The van der Waals surface area contributed by atoms with Gasteiger partial charge in [0.25, 0.3) is 11.7 Å². The van der Waals surface area contributed by atoms with Crippen molar-refractivity contribution in [3.63, 3.8) is 0 Å². The minimum Gasteiger partial charge on any atom is -0.358 e. The van der Waals surface area contributed by atoms with Crippen LogP contribution in [0.5, 0.6) is 0 Å². The summed E-state index contributed by atoms with van der Waals surface area (Å²) in [4.78, 5) is 27.9. The lowest BCUT2D eigenvalue weighted by atomic mass is 10.1. The summed E-state index contributed by atoms with van der Waals surface area (Å²) in [7, 11) is 0. The number of hydrogen-bond donors (Lipinski definition) is 2. The lowest BCUT2D eigenvalue weighted by Crippen LogP contribution is -2.23. The van der Waals surface area contributed by atoms with Crippen molar-refractivity contribution in [2.75, 3.05) is 5.32 Å². The molecule has 3 rings (SSSR count). The lowest BCUT2D eigenvalue weighted by molar-refractivity contribution is -0.112. The SMILES string of the molecule is Cc1[nH]c2ccccc2c1C(=O)C(=O)Nc1ccc(Cl)cc1Cl. The van der Waals surface area contributed by atoms with Gasteiger partial charge in [0, 0.05) is 21.6 Å². The lowest BCUT2D eigenvalue weighted by Gasteiger charge is -2.07. The fourth-order valence-electron chi connectivity index (χ4n) is 2.45. The van der Waals surface area contributed by atoms with E-state index < -0.39 is 11.7 Å². The number of fused-ring (bicyclic) bond motifs is 1. The zero-order valence-electron chi connectivity index (χ0n) is 12.1. The molecule has 116 valence electrons. The number of ketones is 1.